The quantitative estimate of drug-likeness (QED) is 0.177. The number of benzene rings is 3. The second kappa shape index (κ2) is 15.6. The molecule has 0 fully saturated rings. The highest BCUT2D eigenvalue weighted by atomic mass is 15.2. The van der Waals surface area contributed by atoms with Crippen LogP contribution < -0.4 is 4.90 Å². The Hall–Kier alpha value is -5.40. The average molecular weight is 734 g/mol. The van der Waals surface area contributed by atoms with Crippen LogP contribution >= 0.6 is 0 Å². The topological polar surface area (TPSA) is 3.24 Å². The first-order valence-corrected chi connectivity index (χ1v) is 20.8. The molecule has 1 nitrogen and oxygen atoms in total. The maximum atomic E-state index is 4.35. The summed E-state index contributed by atoms with van der Waals surface area (Å²) in [6.45, 7) is 27.1. The molecule has 0 heterocycles. The molecule has 284 valence electrons. The summed E-state index contributed by atoms with van der Waals surface area (Å²) in [4.78, 5) is 2.57. The third kappa shape index (κ3) is 5.82. The van der Waals surface area contributed by atoms with E-state index in [1.54, 1.807) is 11.1 Å². The molecule has 0 aromatic heterocycles. The summed E-state index contributed by atoms with van der Waals surface area (Å²) in [5.74, 6) is 0.318. The van der Waals surface area contributed by atoms with E-state index in [4.69, 9.17) is 0 Å². The van der Waals surface area contributed by atoms with Crippen LogP contribution in [0.3, 0.4) is 0 Å². The summed E-state index contributed by atoms with van der Waals surface area (Å²) in [5, 5.41) is 0. The van der Waals surface area contributed by atoms with Gasteiger partial charge in [-0.15, -0.1) is 0 Å². The summed E-state index contributed by atoms with van der Waals surface area (Å²) < 4.78 is 0. The third-order valence-electron chi connectivity index (χ3n) is 12.9. The summed E-state index contributed by atoms with van der Waals surface area (Å²) in [7, 11) is 0. The number of rotatable bonds is 11. The van der Waals surface area contributed by atoms with Crippen molar-refractivity contribution in [2.24, 2.45) is 5.92 Å². The molecule has 1 heteroatoms. The molecule has 1 spiro atoms. The highest BCUT2D eigenvalue weighted by Gasteiger charge is 2.56. The van der Waals surface area contributed by atoms with Crippen molar-refractivity contribution < 1.29 is 0 Å². The van der Waals surface area contributed by atoms with Gasteiger partial charge in [-0.25, -0.2) is 0 Å². The summed E-state index contributed by atoms with van der Waals surface area (Å²) >= 11 is 0. The van der Waals surface area contributed by atoms with E-state index in [9.17, 15) is 0 Å². The van der Waals surface area contributed by atoms with Gasteiger partial charge in [-0.2, -0.15) is 0 Å². The molecule has 2 unspecified atom stereocenters. The maximum absolute atomic E-state index is 4.35. The first-order chi connectivity index (χ1) is 27.2. The van der Waals surface area contributed by atoms with Gasteiger partial charge in [-0.1, -0.05) is 169 Å². The molecule has 2 atom stereocenters. The van der Waals surface area contributed by atoms with E-state index in [0.29, 0.717) is 5.92 Å². The van der Waals surface area contributed by atoms with Gasteiger partial charge in [0.25, 0.3) is 0 Å². The van der Waals surface area contributed by atoms with Crippen LogP contribution in [0.15, 0.2) is 186 Å². The van der Waals surface area contributed by atoms with Crippen molar-refractivity contribution in [2.45, 2.75) is 91.9 Å². The average Bonchev–Trinajstić information content (AvgIpc) is 3.74. The van der Waals surface area contributed by atoms with Gasteiger partial charge in [0.05, 0.1) is 5.69 Å². The zero-order valence-electron chi connectivity index (χ0n) is 35.0. The zero-order valence-corrected chi connectivity index (χ0v) is 35.0. The smallest absolute Gasteiger partial charge is 0.0536 e. The Balaban J connectivity index is 1.55. The summed E-state index contributed by atoms with van der Waals surface area (Å²) in [5.41, 5.74) is 20.9. The normalized spacial score (nSPS) is 22.5. The van der Waals surface area contributed by atoms with Crippen LogP contribution in [-0.4, -0.2) is 0 Å². The maximum Gasteiger partial charge on any atom is 0.0536 e. The minimum atomic E-state index is -0.190. The fourth-order valence-electron chi connectivity index (χ4n) is 10.6. The second-order valence-electron chi connectivity index (χ2n) is 16.0. The van der Waals surface area contributed by atoms with Gasteiger partial charge >= 0.3 is 0 Å². The standard InChI is InChI=1S/C55H59N/c1-11-17-26-39(13-3)42-28-21-24-34-51(42)56(37(7)36-50-41(15-5)44-29-19-22-31-47(44)54(50,9)10)52-35-25-33-49-53(52)45-30-20-23-32-48(45)55(49)38(8)40(14-4)43(27-18-12-2)46(55)16-6/h11,13-15,17-24,26-32,34-36,38H,3,5,12,16,25,33H2,1-2,4,6-10H3/b17-11-,27-18-,37-36+,39-26+,40-14+. The number of hydrogen-bond acceptors (Lipinski definition) is 1. The monoisotopic (exact) mass is 733 g/mol. The van der Waals surface area contributed by atoms with Crippen molar-refractivity contribution in [3.05, 3.63) is 214 Å². The number of hydrogen-bond donors (Lipinski definition) is 0. The lowest BCUT2D eigenvalue weighted by Crippen LogP contribution is -2.34. The Bertz CT molecular complexity index is 2380. The minimum Gasteiger partial charge on any atom is -0.314 e. The second-order valence-corrected chi connectivity index (χ2v) is 16.0. The minimum absolute atomic E-state index is 0.189. The first kappa shape index (κ1) is 38.9. The molecule has 3 aromatic rings. The van der Waals surface area contributed by atoms with Gasteiger partial charge in [0.15, 0.2) is 0 Å². The first-order valence-electron chi connectivity index (χ1n) is 20.8. The third-order valence-corrected chi connectivity index (χ3v) is 12.9. The van der Waals surface area contributed by atoms with Gasteiger partial charge in [-0.3, -0.25) is 0 Å². The van der Waals surface area contributed by atoms with E-state index < -0.39 is 0 Å². The fourth-order valence-corrected chi connectivity index (χ4v) is 10.6. The number of para-hydroxylation sites is 1. The Morgan fingerprint density at radius 3 is 2.27 bits per heavy atom. The molecular weight excluding hydrogens is 675 g/mol. The van der Waals surface area contributed by atoms with Gasteiger partial charge in [0, 0.05) is 33.4 Å². The lowest BCUT2D eigenvalue weighted by molar-refractivity contribution is 0.458. The van der Waals surface area contributed by atoms with Gasteiger partial charge in [0.1, 0.15) is 0 Å². The zero-order chi connectivity index (χ0) is 39.8. The van der Waals surface area contributed by atoms with Crippen molar-refractivity contribution in [1.82, 2.24) is 0 Å². The Morgan fingerprint density at radius 1 is 0.893 bits per heavy atom. The molecule has 4 aliphatic carbocycles. The number of allylic oxidation sites excluding steroid dienone is 19. The van der Waals surface area contributed by atoms with Gasteiger partial charge < -0.3 is 4.90 Å². The van der Waals surface area contributed by atoms with Crippen molar-refractivity contribution in [1.29, 1.82) is 0 Å². The van der Waals surface area contributed by atoms with E-state index >= 15 is 0 Å². The molecule has 4 aliphatic rings. The Morgan fingerprint density at radius 2 is 1.59 bits per heavy atom. The van der Waals surface area contributed by atoms with E-state index in [0.717, 1.165) is 42.5 Å². The van der Waals surface area contributed by atoms with Gasteiger partial charge in [0.2, 0.25) is 0 Å². The van der Waals surface area contributed by atoms with Crippen LogP contribution in [0.2, 0.25) is 0 Å². The summed E-state index contributed by atoms with van der Waals surface area (Å²) in [6.07, 6.45) is 26.6. The van der Waals surface area contributed by atoms with Crippen molar-refractivity contribution in [2.75, 3.05) is 4.90 Å². The van der Waals surface area contributed by atoms with Crippen LogP contribution in [0.1, 0.15) is 109 Å². The van der Waals surface area contributed by atoms with E-state index in [2.05, 4.69) is 201 Å². The molecule has 0 amide bonds. The molecule has 0 N–H and O–H groups in total. The predicted molar refractivity (Wildman–Crippen MR) is 244 cm³/mol. The molecule has 0 saturated carbocycles. The Kier molecular flexibility index (Phi) is 10.8. The van der Waals surface area contributed by atoms with Crippen LogP contribution in [0.5, 0.6) is 0 Å². The Labute approximate surface area is 337 Å². The lowest BCUT2D eigenvalue weighted by atomic mass is 9.64. The van der Waals surface area contributed by atoms with Crippen molar-refractivity contribution in [3.63, 3.8) is 0 Å². The summed E-state index contributed by atoms with van der Waals surface area (Å²) in [6, 6.07) is 27.1. The molecular formula is C55H59N. The van der Waals surface area contributed by atoms with Crippen LogP contribution in [0.25, 0.3) is 16.7 Å². The highest BCUT2D eigenvalue weighted by molar-refractivity contribution is 5.98. The van der Waals surface area contributed by atoms with E-state index in [1.807, 2.05) is 6.08 Å². The van der Waals surface area contributed by atoms with E-state index in [-0.39, 0.29) is 10.8 Å². The molecule has 0 radical (unpaired) electrons. The number of nitrogens with zero attached hydrogens (tertiary/aromatic N) is 1. The fraction of sp³-hybridized carbons (Fsp3) is 0.273. The molecule has 0 aliphatic heterocycles. The van der Waals surface area contributed by atoms with Crippen LogP contribution in [0, 0.1) is 5.92 Å². The molecule has 0 saturated heterocycles. The van der Waals surface area contributed by atoms with Crippen molar-refractivity contribution >= 4 is 22.4 Å². The SMILES string of the molecule is C=CC1=C(/C=C(\C)N(C2=CCCC3=C2c2ccccc2C32C(CC)=C(/C=C\CC)/C(=C/C)C2C)c2ccccc2/C(C=C)=C/C=C\C)C(C)(C)c2ccccc21. The van der Waals surface area contributed by atoms with Crippen molar-refractivity contribution in [3.8, 4) is 0 Å². The lowest BCUT2D eigenvalue weighted by Gasteiger charge is -2.39. The molecule has 0 bridgehead atoms. The largest absolute Gasteiger partial charge is 0.314 e. The predicted octanol–water partition coefficient (Wildman–Crippen LogP) is 15.1. The molecule has 3 aromatic carbocycles. The number of anilines is 1. The highest BCUT2D eigenvalue weighted by Crippen LogP contribution is 2.66. The molecule has 56 heavy (non-hydrogen) atoms. The molecule has 7 rings (SSSR count). The van der Waals surface area contributed by atoms with Crippen LogP contribution in [0.4, 0.5) is 5.69 Å². The van der Waals surface area contributed by atoms with Crippen LogP contribution in [-0.2, 0) is 10.8 Å². The van der Waals surface area contributed by atoms with Gasteiger partial charge in [-0.05, 0) is 126 Å². The number of fused-ring (bicyclic) bond motifs is 5. The van der Waals surface area contributed by atoms with E-state index in [1.165, 1.54) is 61.5 Å².